The highest BCUT2D eigenvalue weighted by Gasteiger charge is 2.46. The van der Waals surface area contributed by atoms with Crippen molar-refractivity contribution in [3.8, 4) is 0 Å². The van der Waals surface area contributed by atoms with Gasteiger partial charge in [0.15, 0.2) is 0 Å². The molecule has 1 aromatic rings. The van der Waals surface area contributed by atoms with E-state index in [1.807, 2.05) is 18.7 Å². The Morgan fingerprint density at radius 3 is 2.23 bits per heavy atom. The Balaban J connectivity index is 1.63. The van der Waals surface area contributed by atoms with Gasteiger partial charge in [0, 0.05) is 6.42 Å². The number of ether oxygens (including phenoxy) is 1. The van der Waals surface area contributed by atoms with E-state index in [0.29, 0.717) is 13.1 Å². The number of amides is 4. The summed E-state index contributed by atoms with van der Waals surface area (Å²) >= 11 is 0. The smallest absolute Gasteiger partial charge is 0.320 e. The van der Waals surface area contributed by atoms with Crippen LogP contribution < -0.4 is 0 Å². The number of carbonyl (C=O) groups is 5. The lowest BCUT2D eigenvalue weighted by atomic mass is 10.0. The second kappa shape index (κ2) is 9.17. The molecule has 0 aliphatic carbocycles. The van der Waals surface area contributed by atoms with Gasteiger partial charge in [0.2, 0.25) is 5.91 Å². The van der Waals surface area contributed by atoms with Gasteiger partial charge < -0.3 is 4.74 Å². The van der Waals surface area contributed by atoms with Crippen LogP contribution in [0.3, 0.4) is 0 Å². The second-order valence-electron chi connectivity index (χ2n) is 7.15. The molecule has 1 unspecified atom stereocenters. The van der Waals surface area contributed by atoms with Gasteiger partial charge in [-0.2, -0.15) is 0 Å². The monoisotopic (exact) mass is 415 g/mol. The van der Waals surface area contributed by atoms with Crippen molar-refractivity contribution in [3.63, 3.8) is 0 Å². The number of piperidine rings is 1. The molecule has 0 bridgehead atoms. The maximum atomic E-state index is 12.9. The Bertz CT molecular complexity index is 844. The lowest BCUT2D eigenvalue weighted by Crippen LogP contribution is -2.56. The number of hydrogen-bond acceptors (Lipinski definition) is 7. The SMILES string of the molecule is CCN(CC)CC(=O)OCCN1C(=O)CCC(N2C(=O)c3ccccc3C2=O)C1=O. The predicted octanol–water partition coefficient (Wildman–Crippen LogP) is 0.685. The summed E-state index contributed by atoms with van der Waals surface area (Å²) in [5.74, 6) is -2.54. The fourth-order valence-electron chi connectivity index (χ4n) is 3.71. The Morgan fingerprint density at radius 1 is 1.07 bits per heavy atom. The topological polar surface area (TPSA) is 104 Å². The van der Waals surface area contributed by atoms with Crippen LogP contribution in [0.15, 0.2) is 24.3 Å². The maximum Gasteiger partial charge on any atom is 0.320 e. The average molecular weight is 415 g/mol. The number of likely N-dealkylation sites (tertiary alicyclic amines) is 1. The molecular formula is C21H25N3O6. The van der Waals surface area contributed by atoms with Gasteiger partial charge in [-0.15, -0.1) is 0 Å². The van der Waals surface area contributed by atoms with Crippen LogP contribution in [0.4, 0.5) is 0 Å². The number of carbonyl (C=O) groups excluding carboxylic acids is 5. The molecule has 0 spiro atoms. The van der Waals surface area contributed by atoms with Gasteiger partial charge in [-0.05, 0) is 31.6 Å². The summed E-state index contributed by atoms with van der Waals surface area (Å²) in [6.07, 6.45) is 0.110. The molecule has 0 radical (unpaired) electrons. The van der Waals surface area contributed by atoms with Crippen LogP contribution in [0, 0.1) is 0 Å². The zero-order valence-electron chi connectivity index (χ0n) is 17.1. The molecule has 9 nitrogen and oxygen atoms in total. The highest BCUT2D eigenvalue weighted by atomic mass is 16.5. The molecule has 160 valence electrons. The molecule has 0 saturated carbocycles. The highest BCUT2D eigenvalue weighted by molar-refractivity contribution is 6.23. The summed E-state index contributed by atoms with van der Waals surface area (Å²) in [4.78, 5) is 66.3. The lowest BCUT2D eigenvalue weighted by Gasteiger charge is -2.34. The van der Waals surface area contributed by atoms with Crippen LogP contribution in [0.1, 0.15) is 47.4 Å². The zero-order chi connectivity index (χ0) is 21.8. The van der Waals surface area contributed by atoms with Crippen LogP contribution in [0.2, 0.25) is 0 Å². The van der Waals surface area contributed by atoms with Crippen molar-refractivity contribution in [2.75, 3.05) is 32.8 Å². The van der Waals surface area contributed by atoms with Crippen molar-refractivity contribution in [1.82, 2.24) is 14.7 Å². The number of esters is 1. The Hall–Kier alpha value is -3.07. The quantitative estimate of drug-likeness (QED) is 0.454. The van der Waals surface area contributed by atoms with E-state index in [9.17, 15) is 24.0 Å². The van der Waals surface area contributed by atoms with Gasteiger partial charge in [-0.3, -0.25) is 38.7 Å². The van der Waals surface area contributed by atoms with Crippen LogP contribution in [0.5, 0.6) is 0 Å². The lowest BCUT2D eigenvalue weighted by molar-refractivity contribution is -0.155. The molecule has 1 aromatic carbocycles. The first-order valence-corrected chi connectivity index (χ1v) is 10.1. The number of fused-ring (bicyclic) bond motifs is 1. The van der Waals surface area contributed by atoms with Gasteiger partial charge in [-0.1, -0.05) is 26.0 Å². The van der Waals surface area contributed by atoms with Crippen LogP contribution in [-0.2, 0) is 19.1 Å². The van der Waals surface area contributed by atoms with Gasteiger partial charge in [0.05, 0.1) is 24.2 Å². The van der Waals surface area contributed by atoms with Gasteiger partial charge in [0.25, 0.3) is 17.7 Å². The molecule has 2 heterocycles. The fraction of sp³-hybridized carbons (Fsp3) is 0.476. The van der Waals surface area contributed by atoms with Gasteiger partial charge in [0.1, 0.15) is 12.6 Å². The molecule has 3 rings (SSSR count). The first kappa shape index (κ1) is 21.6. The van der Waals surface area contributed by atoms with E-state index in [1.54, 1.807) is 24.3 Å². The molecule has 30 heavy (non-hydrogen) atoms. The Morgan fingerprint density at radius 2 is 1.67 bits per heavy atom. The number of nitrogens with zero attached hydrogens (tertiary/aromatic N) is 3. The third-order valence-electron chi connectivity index (χ3n) is 5.45. The molecular weight excluding hydrogens is 390 g/mol. The normalized spacial score (nSPS) is 19.0. The minimum Gasteiger partial charge on any atom is -0.463 e. The van der Waals surface area contributed by atoms with Crippen molar-refractivity contribution in [2.45, 2.75) is 32.7 Å². The first-order chi connectivity index (χ1) is 14.4. The number of hydrogen-bond donors (Lipinski definition) is 0. The second-order valence-corrected chi connectivity index (χ2v) is 7.15. The van der Waals surface area contributed by atoms with E-state index in [-0.39, 0.29) is 43.7 Å². The summed E-state index contributed by atoms with van der Waals surface area (Å²) in [5.41, 5.74) is 0.508. The summed E-state index contributed by atoms with van der Waals surface area (Å²) in [5, 5.41) is 0. The van der Waals surface area contributed by atoms with E-state index in [1.165, 1.54) is 0 Å². The van der Waals surface area contributed by atoms with Gasteiger partial charge in [-0.25, -0.2) is 0 Å². The Kier molecular flexibility index (Phi) is 6.61. The number of benzene rings is 1. The van der Waals surface area contributed by atoms with Crippen molar-refractivity contribution < 1.29 is 28.7 Å². The number of likely N-dealkylation sites (N-methyl/N-ethyl adjacent to an activating group) is 1. The van der Waals surface area contributed by atoms with Crippen molar-refractivity contribution in [3.05, 3.63) is 35.4 Å². The third kappa shape index (κ3) is 4.11. The van der Waals surface area contributed by atoms with E-state index in [0.717, 1.165) is 9.80 Å². The van der Waals surface area contributed by atoms with E-state index < -0.39 is 35.6 Å². The van der Waals surface area contributed by atoms with Crippen LogP contribution in [0.25, 0.3) is 0 Å². The molecule has 1 saturated heterocycles. The van der Waals surface area contributed by atoms with Crippen LogP contribution >= 0.6 is 0 Å². The van der Waals surface area contributed by atoms with E-state index in [4.69, 9.17) is 4.74 Å². The highest BCUT2D eigenvalue weighted by Crippen LogP contribution is 2.28. The average Bonchev–Trinajstić information content (AvgIpc) is 2.99. The fourth-order valence-corrected chi connectivity index (χ4v) is 3.71. The molecule has 2 aliphatic heterocycles. The van der Waals surface area contributed by atoms with E-state index in [2.05, 4.69) is 0 Å². The molecule has 0 aromatic heterocycles. The molecule has 1 fully saturated rings. The Labute approximate surface area is 174 Å². The molecule has 2 aliphatic rings. The minimum absolute atomic E-state index is 0.0250. The molecule has 4 amide bonds. The largest absolute Gasteiger partial charge is 0.463 e. The zero-order valence-corrected chi connectivity index (χ0v) is 17.1. The first-order valence-electron chi connectivity index (χ1n) is 10.1. The summed E-state index contributed by atoms with van der Waals surface area (Å²) in [6.45, 7) is 5.16. The summed E-state index contributed by atoms with van der Waals surface area (Å²) < 4.78 is 5.16. The van der Waals surface area contributed by atoms with E-state index >= 15 is 0 Å². The standard InChI is InChI=1S/C21H25N3O6/c1-3-22(4-2)13-18(26)30-12-11-23-17(25)10-9-16(21(23)29)24-19(27)14-7-5-6-8-15(14)20(24)28/h5-8,16H,3-4,9-13H2,1-2H3. The van der Waals surface area contributed by atoms with Crippen LogP contribution in [-0.4, -0.2) is 83.1 Å². The summed E-state index contributed by atoms with van der Waals surface area (Å²) in [7, 11) is 0. The number of imide groups is 2. The third-order valence-corrected chi connectivity index (χ3v) is 5.45. The van der Waals surface area contributed by atoms with Crippen molar-refractivity contribution in [2.24, 2.45) is 0 Å². The summed E-state index contributed by atoms with van der Waals surface area (Å²) in [6, 6.07) is 5.35. The predicted molar refractivity (Wildman–Crippen MR) is 105 cm³/mol. The molecule has 0 N–H and O–H groups in total. The number of rotatable bonds is 8. The molecule has 1 atom stereocenters. The van der Waals surface area contributed by atoms with Gasteiger partial charge >= 0.3 is 5.97 Å². The molecule has 9 heteroatoms. The minimum atomic E-state index is -1.04. The van der Waals surface area contributed by atoms with Crippen molar-refractivity contribution in [1.29, 1.82) is 0 Å². The maximum absolute atomic E-state index is 12.9. The van der Waals surface area contributed by atoms with Crippen molar-refractivity contribution >= 4 is 29.6 Å².